The van der Waals surface area contributed by atoms with Gasteiger partial charge in [0, 0.05) is 24.2 Å². The normalized spacial score (nSPS) is 20.2. The number of aromatic nitrogens is 2. The van der Waals surface area contributed by atoms with Gasteiger partial charge < -0.3 is 21.7 Å². The number of likely N-dealkylation sites (tertiary alicyclic amines) is 1. The zero-order valence-corrected chi connectivity index (χ0v) is 17.9. The molecule has 7 nitrogen and oxygen atoms in total. The Balaban J connectivity index is 1.83. The van der Waals surface area contributed by atoms with Gasteiger partial charge in [-0.1, -0.05) is 42.5 Å². The lowest BCUT2D eigenvalue weighted by atomic mass is 9.92. The maximum Gasteiger partial charge on any atom is 0.276 e. The third kappa shape index (κ3) is 4.86. The summed E-state index contributed by atoms with van der Waals surface area (Å²) < 4.78 is 0. The number of nitrogens with zero attached hydrogens (tertiary/aromatic N) is 3. The summed E-state index contributed by atoms with van der Waals surface area (Å²) in [6.45, 7) is 7.54. The standard InChI is InChI=1S/C23H30N6O/c1-4-18(19(5-2)29-13-9-12-23(3,25)15-29)27-22(30)20-17(24)14-26-21(28-20)16-10-7-6-8-11-16/h4-8,10-11,14H,9,12-13,15,24-25H2,1-3H3,(H,27,30)/b18-4+,19-5+. The summed E-state index contributed by atoms with van der Waals surface area (Å²) in [7, 11) is 0. The smallest absolute Gasteiger partial charge is 0.276 e. The lowest BCUT2D eigenvalue weighted by Crippen LogP contribution is -2.52. The number of amides is 1. The molecule has 5 N–H and O–H groups in total. The van der Waals surface area contributed by atoms with Crippen molar-refractivity contribution in [2.45, 2.75) is 39.2 Å². The Kier molecular flexibility index (Phi) is 6.52. The first-order chi connectivity index (χ1) is 14.3. The first kappa shape index (κ1) is 21.5. The predicted octanol–water partition coefficient (Wildman–Crippen LogP) is 3.08. The number of anilines is 1. The fourth-order valence-corrected chi connectivity index (χ4v) is 3.75. The molecular weight excluding hydrogens is 376 g/mol. The van der Waals surface area contributed by atoms with Crippen molar-refractivity contribution >= 4 is 11.6 Å². The van der Waals surface area contributed by atoms with Gasteiger partial charge in [-0.05, 0) is 33.6 Å². The molecule has 0 radical (unpaired) electrons. The zero-order valence-electron chi connectivity index (χ0n) is 17.9. The number of benzene rings is 1. The van der Waals surface area contributed by atoms with Crippen LogP contribution in [0.15, 0.2) is 60.1 Å². The van der Waals surface area contributed by atoms with Gasteiger partial charge in [-0.2, -0.15) is 0 Å². The molecule has 158 valence electrons. The van der Waals surface area contributed by atoms with E-state index in [2.05, 4.69) is 27.1 Å². The topological polar surface area (TPSA) is 110 Å². The van der Waals surface area contributed by atoms with E-state index in [9.17, 15) is 4.79 Å². The molecule has 2 aromatic rings. The van der Waals surface area contributed by atoms with Gasteiger partial charge in [-0.3, -0.25) is 4.79 Å². The molecule has 1 amide bonds. The minimum absolute atomic E-state index is 0.154. The Morgan fingerprint density at radius 3 is 2.60 bits per heavy atom. The molecule has 1 aliphatic rings. The average Bonchev–Trinajstić information content (AvgIpc) is 2.73. The molecule has 1 aromatic carbocycles. The highest BCUT2D eigenvalue weighted by atomic mass is 16.1. The monoisotopic (exact) mass is 406 g/mol. The van der Waals surface area contributed by atoms with Crippen LogP contribution < -0.4 is 16.8 Å². The van der Waals surface area contributed by atoms with Gasteiger partial charge in [0.05, 0.1) is 23.3 Å². The highest BCUT2D eigenvalue weighted by Crippen LogP contribution is 2.25. The van der Waals surface area contributed by atoms with Crippen molar-refractivity contribution in [3.63, 3.8) is 0 Å². The van der Waals surface area contributed by atoms with Crippen molar-refractivity contribution in [2.75, 3.05) is 18.8 Å². The van der Waals surface area contributed by atoms with E-state index in [1.165, 1.54) is 6.20 Å². The van der Waals surface area contributed by atoms with Crippen molar-refractivity contribution < 1.29 is 4.79 Å². The molecule has 3 rings (SSSR count). The highest BCUT2D eigenvalue weighted by Gasteiger charge is 2.29. The van der Waals surface area contributed by atoms with Crippen molar-refractivity contribution in [1.82, 2.24) is 20.2 Å². The fraction of sp³-hybridized carbons (Fsp3) is 0.348. The SMILES string of the molecule is C/C=C(NC(=O)c1nc(-c2ccccc2)ncc1N)\C(=C/C)N1CCCC(C)(N)C1. The van der Waals surface area contributed by atoms with Crippen LogP contribution in [-0.4, -0.2) is 39.4 Å². The van der Waals surface area contributed by atoms with Crippen LogP contribution in [0.3, 0.4) is 0 Å². The van der Waals surface area contributed by atoms with Crippen molar-refractivity contribution in [1.29, 1.82) is 0 Å². The molecule has 7 heteroatoms. The molecule has 0 saturated carbocycles. The molecule has 1 aliphatic heterocycles. The van der Waals surface area contributed by atoms with Crippen LogP contribution in [0.1, 0.15) is 44.1 Å². The number of hydrogen-bond acceptors (Lipinski definition) is 6. The second-order valence-electron chi connectivity index (χ2n) is 7.87. The molecule has 1 unspecified atom stereocenters. The highest BCUT2D eigenvalue weighted by molar-refractivity contribution is 5.98. The molecule has 1 atom stereocenters. The number of carbonyl (C=O) groups is 1. The third-order valence-corrected chi connectivity index (χ3v) is 5.22. The number of allylic oxidation sites excluding steroid dienone is 2. The summed E-state index contributed by atoms with van der Waals surface area (Å²) in [5.74, 6) is 0.0882. The number of nitrogens with two attached hydrogens (primary N) is 2. The number of nitrogen functional groups attached to an aromatic ring is 1. The van der Waals surface area contributed by atoms with E-state index in [0.29, 0.717) is 11.5 Å². The van der Waals surface area contributed by atoms with Crippen LogP contribution >= 0.6 is 0 Å². The first-order valence-electron chi connectivity index (χ1n) is 10.2. The minimum Gasteiger partial charge on any atom is -0.396 e. The molecule has 1 fully saturated rings. The van der Waals surface area contributed by atoms with Crippen LogP contribution in [0.2, 0.25) is 0 Å². The number of carbonyl (C=O) groups excluding carboxylic acids is 1. The third-order valence-electron chi connectivity index (χ3n) is 5.22. The van der Waals surface area contributed by atoms with Gasteiger partial charge >= 0.3 is 0 Å². The molecule has 0 bridgehead atoms. The molecule has 30 heavy (non-hydrogen) atoms. The summed E-state index contributed by atoms with van der Waals surface area (Å²) >= 11 is 0. The molecular formula is C23H30N6O. The summed E-state index contributed by atoms with van der Waals surface area (Å²) in [5.41, 5.74) is 15.0. The summed E-state index contributed by atoms with van der Waals surface area (Å²) in [5, 5.41) is 2.98. The van der Waals surface area contributed by atoms with E-state index in [1.54, 1.807) is 0 Å². The number of hydrogen-bond donors (Lipinski definition) is 3. The van der Waals surface area contributed by atoms with E-state index >= 15 is 0 Å². The second kappa shape index (κ2) is 9.09. The molecule has 0 spiro atoms. The Morgan fingerprint density at radius 2 is 1.97 bits per heavy atom. The van der Waals surface area contributed by atoms with Gasteiger partial charge in [-0.25, -0.2) is 9.97 Å². The van der Waals surface area contributed by atoms with Crippen molar-refractivity contribution in [3.8, 4) is 11.4 Å². The summed E-state index contributed by atoms with van der Waals surface area (Å²) in [6.07, 6.45) is 7.34. The molecule has 1 aromatic heterocycles. The van der Waals surface area contributed by atoms with Gasteiger partial charge in [0.1, 0.15) is 0 Å². The first-order valence-corrected chi connectivity index (χ1v) is 10.2. The van der Waals surface area contributed by atoms with Gasteiger partial charge in [0.2, 0.25) is 0 Å². The minimum atomic E-state index is -0.368. The van der Waals surface area contributed by atoms with Crippen LogP contribution in [0.5, 0.6) is 0 Å². The van der Waals surface area contributed by atoms with Crippen LogP contribution in [0.4, 0.5) is 5.69 Å². The maximum atomic E-state index is 13.1. The summed E-state index contributed by atoms with van der Waals surface area (Å²) in [6, 6.07) is 9.49. The van der Waals surface area contributed by atoms with Gasteiger partial charge in [0.25, 0.3) is 5.91 Å². The second-order valence-corrected chi connectivity index (χ2v) is 7.87. The fourth-order valence-electron chi connectivity index (χ4n) is 3.75. The van der Waals surface area contributed by atoms with Crippen LogP contribution in [-0.2, 0) is 0 Å². The van der Waals surface area contributed by atoms with Crippen molar-refractivity contribution in [3.05, 3.63) is 65.8 Å². The lowest BCUT2D eigenvalue weighted by Gasteiger charge is -2.40. The largest absolute Gasteiger partial charge is 0.396 e. The van der Waals surface area contributed by atoms with Crippen LogP contribution in [0, 0.1) is 0 Å². The lowest BCUT2D eigenvalue weighted by molar-refractivity contribution is 0.0959. The average molecular weight is 407 g/mol. The molecule has 0 aliphatic carbocycles. The van der Waals surface area contributed by atoms with Gasteiger partial charge in [0.15, 0.2) is 11.5 Å². The van der Waals surface area contributed by atoms with E-state index in [1.807, 2.05) is 56.3 Å². The Labute approximate surface area is 177 Å². The van der Waals surface area contributed by atoms with E-state index in [4.69, 9.17) is 11.5 Å². The van der Waals surface area contributed by atoms with Gasteiger partial charge in [-0.15, -0.1) is 0 Å². The van der Waals surface area contributed by atoms with E-state index < -0.39 is 0 Å². The zero-order chi connectivity index (χ0) is 21.7. The Hall–Kier alpha value is -3.19. The molecule has 2 heterocycles. The van der Waals surface area contributed by atoms with Crippen molar-refractivity contribution in [2.24, 2.45) is 5.73 Å². The Bertz CT molecular complexity index is 965. The van der Waals surface area contributed by atoms with E-state index in [-0.39, 0.29) is 22.8 Å². The van der Waals surface area contributed by atoms with Crippen LogP contribution in [0.25, 0.3) is 11.4 Å². The summed E-state index contributed by atoms with van der Waals surface area (Å²) in [4.78, 5) is 24.0. The number of nitrogens with one attached hydrogen (secondary N) is 1. The number of rotatable bonds is 5. The maximum absolute atomic E-state index is 13.1. The Morgan fingerprint density at radius 1 is 1.23 bits per heavy atom. The van der Waals surface area contributed by atoms with E-state index in [0.717, 1.165) is 37.2 Å². The molecule has 1 saturated heterocycles. The quantitative estimate of drug-likeness (QED) is 0.658. The predicted molar refractivity (Wildman–Crippen MR) is 120 cm³/mol. The number of piperidine rings is 1.